The average Bonchev–Trinajstić information content (AvgIpc) is 3.56. The third kappa shape index (κ3) is 4.74. The van der Waals surface area contributed by atoms with Crippen LogP contribution < -0.4 is 19.5 Å². The quantitative estimate of drug-likeness (QED) is 0.301. The highest BCUT2D eigenvalue weighted by Crippen LogP contribution is 2.43. The highest BCUT2D eigenvalue weighted by molar-refractivity contribution is 7.22. The van der Waals surface area contributed by atoms with Crippen LogP contribution in [0.3, 0.4) is 0 Å². The van der Waals surface area contributed by atoms with Gasteiger partial charge in [0.1, 0.15) is 17.7 Å². The standard InChI is InChI=1S/C27H22FN5O5S/c1-13-6-16(23-19(7-13)32-22(36-3)11-30-23)26-33-20-9-18(28)24-17(25(20)39-26)8-15(38-24)12-37-27(34)31-14-4-5-21(35-2)29-10-14/h4-7,9-11,15H,8,12H2,1-3H3,(H,31,34)/t15-/m1/s1. The molecule has 6 rings (SSSR count). The smallest absolute Gasteiger partial charge is 0.411 e. The van der Waals surface area contributed by atoms with Crippen molar-refractivity contribution in [3.05, 3.63) is 59.7 Å². The lowest BCUT2D eigenvalue weighted by molar-refractivity contribution is 0.100. The van der Waals surface area contributed by atoms with Gasteiger partial charge in [0.05, 0.1) is 53.6 Å². The Balaban J connectivity index is 1.23. The fourth-order valence-corrected chi connectivity index (χ4v) is 5.55. The third-order valence-corrected chi connectivity index (χ3v) is 7.36. The second-order valence-electron chi connectivity index (χ2n) is 8.88. The summed E-state index contributed by atoms with van der Waals surface area (Å²) in [6.45, 7) is 1.91. The van der Waals surface area contributed by atoms with E-state index in [2.05, 4.69) is 20.3 Å². The van der Waals surface area contributed by atoms with E-state index in [1.807, 2.05) is 19.1 Å². The predicted molar refractivity (Wildman–Crippen MR) is 143 cm³/mol. The summed E-state index contributed by atoms with van der Waals surface area (Å²) >= 11 is 1.44. The van der Waals surface area contributed by atoms with Crippen molar-refractivity contribution < 1.29 is 28.1 Å². The molecule has 0 saturated carbocycles. The van der Waals surface area contributed by atoms with Gasteiger partial charge in [0.15, 0.2) is 11.6 Å². The van der Waals surface area contributed by atoms with Crippen molar-refractivity contribution in [2.75, 3.05) is 26.1 Å². The maximum Gasteiger partial charge on any atom is 0.411 e. The monoisotopic (exact) mass is 547 g/mol. The number of ether oxygens (including phenoxy) is 4. The molecule has 39 heavy (non-hydrogen) atoms. The summed E-state index contributed by atoms with van der Waals surface area (Å²) in [5.41, 5.74) is 4.83. The minimum atomic E-state index is -0.670. The van der Waals surface area contributed by atoms with Crippen LogP contribution in [-0.4, -0.2) is 53.0 Å². The summed E-state index contributed by atoms with van der Waals surface area (Å²) < 4.78 is 37.2. The van der Waals surface area contributed by atoms with Crippen LogP contribution in [0.5, 0.6) is 17.5 Å². The van der Waals surface area contributed by atoms with Gasteiger partial charge < -0.3 is 18.9 Å². The molecule has 0 fully saturated rings. The number of aromatic nitrogens is 4. The fraction of sp³-hybridized carbons (Fsp3) is 0.222. The van der Waals surface area contributed by atoms with E-state index in [0.717, 1.165) is 15.8 Å². The summed E-state index contributed by atoms with van der Waals surface area (Å²) in [5.74, 6) is 0.492. The van der Waals surface area contributed by atoms with E-state index in [1.165, 1.54) is 30.7 Å². The predicted octanol–water partition coefficient (Wildman–Crippen LogP) is 5.32. The van der Waals surface area contributed by atoms with Gasteiger partial charge in [0.2, 0.25) is 11.8 Å². The molecule has 4 heterocycles. The van der Waals surface area contributed by atoms with Crippen molar-refractivity contribution >= 4 is 44.4 Å². The lowest BCUT2D eigenvalue weighted by atomic mass is 10.1. The lowest BCUT2D eigenvalue weighted by Crippen LogP contribution is -2.25. The molecule has 10 nitrogen and oxygen atoms in total. The largest absolute Gasteiger partial charge is 0.483 e. The fourth-order valence-electron chi connectivity index (χ4n) is 4.44. The molecule has 3 aromatic heterocycles. The minimum Gasteiger partial charge on any atom is -0.483 e. The summed E-state index contributed by atoms with van der Waals surface area (Å²) in [4.78, 5) is 30.1. The summed E-state index contributed by atoms with van der Waals surface area (Å²) in [6, 6.07) is 8.54. The molecule has 2 aromatic carbocycles. The van der Waals surface area contributed by atoms with E-state index in [-0.39, 0.29) is 12.4 Å². The van der Waals surface area contributed by atoms with E-state index in [9.17, 15) is 4.79 Å². The minimum absolute atomic E-state index is 0.0589. The van der Waals surface area contributed by atoms with Crippen molar-refractivity contribution in [3.8, 4) is 28.1 Å². The number of benzene rings is 2. The zero-order chi connectivity index (χ0) is 27.1. The number of halogens is 1. The molecule has 1 aliphatic rings. The van der Waals surface area contributed by atoms with Crippen molar-refractivity contribution in [1.29, 1.82) is 0 Å². The van der Waals surface area contributed by atoms with Gasteiger partial charge in [-0.1, -0.05) is 0 Å². The van der Waals surface area contributed by atoms with Crippen LogP contribution in [-0.2, 0) is 11.2 Å². The van der Waals surface area contributed by atoms with Gasteiger partial charge in [-0.15, -0.1) is 11.3 Å². The van der Waals surface area contributed by atoms with Gasteiger partial charge in [-0.05, 0) is 30.7 Å². The number of nitrogens with one attached hydrogen (secondary N) is 1. The summed E-state index contributed by atoms with van der Waals surface area (Å²) in [5, 5.41) is 3.28. The first-order chi connectivity index (χ1) is 18.9. The normalized spacial score (nSPS) is 14.2. The molecule has 0 saturated heterocycles. The number of carbonyl (C=O) groups excluding carboxylic acids is 1. The van der Waals surface area contributed by atoms with Crippen LogP contribution in [0.15, 0.2) is 42.7 Å². The topological polar surface area (TPSA) is 118 Å². The highest BCUT2D eigenvalue weighted by atomic mass is 32.1. The number of aryl methyl sites for hydroxylation is 1. The van der Waals surface area contributed by atoms with Gasteiger partial charge in [-0.25, -0.2) is 29.1 Å². The number of carbonyl (C=O) groups is 1. The Morgan fingerprint density at radius 2 is 1.95 bits per heavy atom. The molecule has 12 heteroatoms. The molecule has 0 spiro atoms. The second-order valence-corrected chi connectivity index (χ2v) is 9.88. The lowest BCUT2D eigenvalue weighted by Gasteiger charge is -2.12. The summed E-state index contributed by atoms with van der Waals surface area (Å²) in [7, 11) is 3.05. The van der Waals surface area contributed by atoms with Crippen molar-refractivity contribution in [3.63, 3.8) is 0 Å². The highest BCUT2D eigenvalue weighted by Gasteiger charge is 2.31. The van der Waals surface area contributed by atoms with Gasteiger partial charge >= 0.3 is 6.09 Å². The Hall–Kier alpha value is -4.58. The number of anilines is 1. The number of methoxy groups -OCH3 is 2. The molecular weight excluding hydrogens is 525 g/mol. The van der Waals surface area contributed by atoms with Crippen LogP contribution in [0.1, 0.15) is 11.1 Å². The third-order valence-electron chi connectivity index (χ3n) is 6.20. The Morgan fingerprint density at radius 1 is 1.10 bits per heavy atom. The number of thiazole rings is 1. The number of rotatable bonds is 6. The molecule has 0 unspecified atom stereocenters. The molecule has 198 valence electrons. The zero-order valence-electron chi connectivity index (χ0n) is 21.1. The Kier molecular flexibility index (Phi) is 6.31. The average molecular weight is 548 g/mol. The van der Waals surface area contributed by atoms with E-state index in [1.54, 1.807) is 25.4 Å². The van der Waals surface area contributed by atoms with Crippen molar-refractivity contribution in [2.45, 2.75) is 19.4 Å². The number of amides is 1. The van der Waals surface area contributed by atoms with Gasteiger partial charge in [-0.2, -0.15) is 0 Å². The Bertz CT molecular complexity index is 1730. The van der Waals surface area contributed by atoms with Gasteiger partial charge in [0, 0.05) is 29.7 Å². The molecule has 0 aliphatic carbocycles. The van der Waals surface area contributed by atoms with Crippen LogP contribution in [0, 0.1) is 12.7 Å². The number of nitrogens with zero attached hydrogens (tertiary/aromatic N) is 4. The number of fused-ring (bicyclic) bond motifs is 4. The first-order valence-electron chi connectivity index (χ1n) is 12.0. The zero-order valence-corrected chi connectivity index (χ0v) is 22.0. The Labute approximate surface area is 225 Å². The van der Waals surface area contributed by atoms with Crippen molar-refractivity contribution in [1.82, 2.24) is 19.9 Å². The summed E-state index contributed by atoms with van der Waals surface area (Å²) in [6.07, 6.45) is 2.18. The molecule has 1 aliphatic heterocycles. The van der Waals surface area contributed by atoms with Crippen LogP contribution in [0.4, 0.5) is 14.9 Å². The molecule has 0 bridgehead atoms. The number of pyridine rings is 1. The van der Waals surface area contributed by atoms with Crippen LogP contribution in [0.2, 0.25) is 0 Å². The van der Waals surface area contributed by atoms with E-state index >= 15 is 4.39 Å². The molecule has 1 amide bonds. The Morgan fingerprint density at radius 3 is 2.72 bits per heavy atom. The molecular formula is C27H22FN5O5S. The molecule has 1 atom stereocenters. The molecule has 0 radical (unpaired) electrons. The van der Waals surface area contributed by atoms with E-state index in [0.29, 0.717) is 51.0 Å². The maximum absolute atomic E-state index is 15.0. The van der Waals surface area contributed by atoms with E-state index < -0.39 is 18.0 Å². The van der Waals surface area contributed by atoms with Crippen LogP contribution >= 0.6 is 11.3 Å². The SMILES string of the molecule is COc1ccc(NC(=O)OC[C@H]2Cc3c(c(F)cc4nc(-c5cc(C)cc6nc(OC)cnc56)sc34)O2)cn1. The first kappa shape index (κ1) is 24.7. The van der Waals surface area contributed by atoms with Crippen LogP contribution in [0.25, 0.3) is 31.8 Å². The number of hydrogen-bond acceptors (Lipinski definition) is 10. The molecule has 1 N–H and O–H groups in total. The maximum atomic E-state index is 15.0. The van der Waals surface area contributed by atoms with Gasteiger partial charge in [-0.3, -0.25) is 5.32 Å². The molecule has 5 aromatic rings. The van der Waals surface area contributed by atoms with Crippen molar-refractivity contribution in [2.24, 2.45) is 0 Å². The number of hydrogen-bond donors (Lipinski definition) is 1. The van der Waals surface area contributed by atoms with Gasteiger partial charge in [0.25, 0.3) is 0 Å². The second kappa shape index (κ2) is 9.95. The van der Waals surface area contributed by atoms with E-state index in [4.69, 9.17) is 23.9 Å². The first-order valence-corrected chi connectivity index (χ1v) is 12.8.